The van der Waals surface area contributed by atoms with Crippen LogP contribution in [0.15, 0.2) is 18.5 Å². The van der Waals surface area contributed by atoms with Crippen LogP contribution in [0.1, 0.15) is 29.8 Å². The van der Waals surface area contributed by atoms with Crippen LogP contribution >= 0.6 is 0 Å². The van der Waals surface area contributed by atoms with Gasteiger partial charge in [-0.1, -0.05) is 13.8 Å². The molecule has 0 bridgehead atoms. The zero-order valence-electron chi connectivity index (χ0n) is 10.1. The van der Waals surface area contributed by atoms with Crippen LogP contribution in [0.25, 0.3) is 0 Å². The SMILES string of the molecule is CCN(CC)NC(=O)c1cnccc1C(F)(F)F. The highest BCUT2D eigenvalue weighted by Crippen LogP contribution is 2.31. The Kier molecular flexibility index (Phi) is 4.66. The zero-order chi connectivity index (χ0) is 13.8. The van der Waals surface area contributed by atoms with Crippen molar-refractivity contribution in [1.82, 2.24) is 15.4 Å². The monoisotopic (exact) mass is 261 g/mol. The van der Waals surface area contributed by atoms with E-state index < -0.39 is 23.2 Å². The molecule has 100 valence electrons. The summed E-state index contributed by atoms with van der Waals surface area (Å²) in [6.45, 7) is 4.59. The molecular weight excluding hydrogens is 247 g/mol. The first kappa shape index (κ1) is 14.4. The second-order valence-electron chi connectivity index (χ2n) is 3.53. The first-order chi connectivity index (χ1) is 8.40. The standard InChI is InChI=1S/C11H14F3N3O/c1-3-17(4-2)16-10(18)8-7-15-6-5-9(8)11(12,13)14/h5-7H,3-4H2,1-2H3,(H,16,18). The van der Waals surface area contributed by atoms with Crippen LogP contribution in [0, 0.1) is 0 Å². The summed E-state index contributed by atoms with van der Waals surface area (Å²) in [5.74, 6) is -0.806. The molecule has 0 aliphatic rings. The van der Waals surface area contributed by atoms with Crippen molar-refractivity contribution >= 4 is 5.91 Å². The number of nitrogens with zero attached hydrogens (tertiary/aromatic N) is 2. The number of pyridine rings is 1. The van der Waals surface area contributed by atoms with E-state index in [4.69, 9.17) is 0 Å². The number of carbonyl (C=O) groups is 1. The summed E-state index contributed by atoms with van der Waals surface area (Å²) in [5.41, 5.74) is 0.940. The van der Waals surface area contributed by atoms with Crippen LogP contribution in [0.2, 0.25) is 0 Å². The predicted molar refractivity (Wildman–Crippen MR) is 59.6 cm³/mol. The molecule has 0 saturated carbocycles. The van der Waals surface area contributed by atoms with Crippen LogP contribution in [-0.4, -0.2) is 29.0 Å². The first-order valence-electron chi connectivity index (χ1n) is 5.47. The highest BCUT2D eigenvalue weighted by molar-refractivity contribution is 5.95. The lowest BCUT2D eigenvalue weighted by Crippen LogP contribution is -2.42. The third kappa shape index (κ3) is 3.43. The smallest absolute Gasteiger partial charge is 0.285 e. The van der Waals surface area contributed by atoms with Gasteiger partial charge in [-0.3, -0.25) is 15.2 Å². The summed E-state index contributed by atoms with van der Waals surface area (Å²) in [5, 5.41) is 1.51. The van der Waals surface area contributed by atoms with E-state index in [9.17, 15) is 18.0 Å². The van der Waals surface area contributed by atoms with Gasteiger partial charge in [-0.15, -0.1) is 0 Å². The van der Waals surface area contributed by atoms with Crippen LogP contribution in [0.3, 0.4) is 0 Å². The van der Waals surface area contributed by atoms with Gasteiger partial charge >= 0.3 is 6.18 Å². The molecule has 1 rings (SSSR count). The molecule has 1 N–H and O–H groups in total. The molecule has 0 atom stereocenters. The number of nitrogens with one attached hydrogen (secondary N) is 1. The maximum absolute atomic E-state index is 12.7. The van der Waals surface area contributed by atoms with Crippen LogP contribution in [0.5, 0.6) is 0 Å². The minimum Gasteiger partial charge on any atom is -0.285 e. The van der Waals surface area contributed by atoms with Crippen molar-refractivity contribution < 1.29 is 18.0 Å². The molecule has 0 aliphatic heterocycles. The lowest BCUT2D eigenvalue weighted by Gasteiger charge is -2.20. The molecule has 0 spiro atoms. The number of hydrogen-bond acceptors (Lipinski definition) is 3. The number of carbonyl (C=O) groups excluding carboxylic acids is 1. The fraction of sp³-hybridized carbons (Fsp3) is 0.455. The number of hydrazine groups is 1. The van der Waals surface area contributed by atoms with Crippen molar-refractivity contribution in [3.05, 3.63) is 29.6 Å². The molecule has 1 amide bonds. The molecule has 0 unspecified atom stereocenters. The van der Waals surface area contributed by atoms with Gasteiger partial charge in [0.1, 0.15) is 0 Å². The fourth-order valence-corrected chi connectivity index (χ4v) is 1.41. The Morgan fingerprint density at radius 1 is 1.39 bits per heavy atom. The summed E-state index contributed by atoms with van der Waals surface area (Å²) < 4.78 is 38.1. The molecule has 1 heterocycles. The van der Waals surface area contributed by atoms with Gasteiger partial charge in [0.15, 0.2) is 0 Å². The van der Waals surface area contributed by atoms with Gasteiger partial charge in [0.05, 0.1) is 11.1 Å². The molecule has 0 aliphatic carbocycles. The van der Waals surface area contributed by atoms with Gasteiger partial charge in [-0.25, -0.2) is 5.01 Å². The molecule has 7 heteroatoms. The third-order valence-electron chi connectivity index (χ3n) is 2.39. The van der Waals surface area contributed by atoms with Crippen molar-refractivity contribution in [2.45, 2.75) is 20.0 Å². The fourth-order valence-electron chi connectivity index (χ4n) is 1.41. The quantitative estimate of drug-likeness (QED) is 0.844. The van der Waals surface area contributed by atoms with Gasteiger partial charge in [0.2, 0.25) is 0 Å². The average Bonchev–Trinajstić information content (AvgIpc) is 2.34. The molecule has 18 heavy (non-hydrogen) atoms. The van der Waals surface area contributed by atoms with Gasteiger partial charge in [0, 0.05) is 25.5 Å². The highest BCUT2D eigenvalue weighted by Gasteiger charge is 2.35. The van der Waals surface area contributed by atoms with E-state index in [2.05, 4.69) is 10.4 Å². The molecule has 0 saturated heterocycles. The number of aromatic nitrogens is 1. The Morgan fingerprint density at radius 2 is 2.00 bits per heavy atom. The predicted octanol–water partition coefficient (Wildman–Crippen LogP) is 2.09. The van der Waals surface area contributed by atoms with Gasteiger partial charge in [0.25, 0.3) is 5.91 Å². The first-order valence-corrected chi connectivity index (χ1v) is 5.47. The van der Waals surface area contributed by atoms with E-state index in [1.54, 1.807) is 13.8 Å². The second-order valence-corrected chi connectivity index (χ2v) is 3.53. The lowest BCUT2D eigenvalue weighted by atomic mass is 10.1. The number of hydrogen-bond donors (Lipinski definition) is 1. The van der Waals surface area contributed by atoms with Crippen molar-refractivity contribution in [3.63, 3.8) is 0 Å². The minimum atomic E-state index is -4.57. The van der Waals surface area contributed by atoms with Crippen LogP contribution in [-0.2, 0) is 6.18 Å². The lowest BCUT2D eigenvalue weighted by molar-refractivity contribution is -0.138. The van der Waals surface area contributed by atoms with E-state index in [1.807, 2.05) is 0 Å². The van der Waals surface area contributed by atoms with Crippen LogP contribution < -0.4 is 5.43 Å². The molecule has 0 radical (unpaired) electrons. The molecule has 1 aromatic rings. The van der Waals surface area contributed by atoms with Crippen LogP contribution in [0.4, 0.5) is 13.2 Å². The van der Waals surface area contributed by atoms with E-state index in [0.717, 1.165) is 18.5 Å². The van der Waals surface area contributed by atoms with E-state index >= 15 is 0 Å². The Bertz CT molecular complexity index is 416. The van der Waals surface area contributed by atoms with Gasteiger partial charge < -0.3 is 0 Å². The highest BCUT2D eigenvalue weighted by atomic mass is 19.4. The van der Waals surface area contributed by atoms with E-state index in [1.165, 1.54) is 5.01 Å². The summed E-state index contributed by atoms with van der Waals surface area (Å²) in [6, 6.07) is 0.789. The Labute approximate surface area is 103 Å². The van der Waals surface area contributed by atoms with Gasteiger partial charge in [-0.05, 0) is 6.07 Å². The second kappa shape index (κ2) is 5.81. The summed E-state index contributed by atoms with van der Waals surface area (Å²) in [4.78, 5) is 15.3. The Balaban J connectivity index is 2.99. The molecule has 1 aromatic heterocycles. The van der Waals surface area contributed by atoms with Crippen molar-refractivity contribution in [2.75, 3.05) is 13.1 Å². The number of rotatable bonds is 4. The molecule has 0 aromatic carbocycles. The maximum Gasteiger partial charge on any atom is 0.417 e. The van der Waals surface area contributed by atoms with Gasteiger partial charge in [-0.2, -0.15) is 13.2 Å². The Hall–Kier alpha value is -1.63. The van der Waals surface area contributed by atoms with Crippen molar-refractivity contribution in [2.24, 2.45) is 0 Å². The topological polar surface area (TPSA) is 45.2 Å². The largest absolute Gasteiger partial charge is 0.417 e. The average molecular weight is 261 g/mol. The number of amides is 1. The summed E-state index contributed by atoms with van der Waals surface area (Å²) in [6.07, 6.45) is -2.64. The normalized spacial score (nSPS) is 11.7. The molecule has 0 fully saturated rings. The summed E-state index contributed by atoms with van der Waals surface area (Å²) >= 11 is 0. The Morgan fingerprint density at radius 3 is 2.50 bits per heavy atom. The number of alkyl halides is 3. The van der Waals surface area contributed by atoms with E-state index in [-0.39, 0.29) is 0 Å². The third-order valence-corrected chi connectivity index (χ3v) is 2.39. The van der Waals surface area contributed by atoms with Crippen molar-refractivity contribution in [3.8, 4) is 0 Å². The maximum atomic E-state index is 12.7. The minimum absolute atomic E-state index is 0.475. The van der Waals surface area contributed by atoms with E-state index in [0.29, 0.717) is 13.1 Å². The molecule has 4 nitrogen and oxygen atoms in total. The number of halogens is 3. The molecular formula is C11H14F3N3O. The summed E-state index contributed by atoms with van der Waals surface area (Å²) in [7, 11) is 0. The van der Waals surface area contributed by atoms with Crippen molar-refractivity contribution in [1.29, 1.82) is 0 Å². The zero-order valence-corrected chi connectivity index (χ0v) is 10.1.